The Hall–Kier alpha value is -7.03. The summed E-state index contributed by atoms with van der Waals surface area (Å²) in [5.41, 5.74) is 16.8. The molecule has 9 aromatic rings. The largest absolute Gasteiger partial charge is 0.454 e. The van der Waals surface area contributed by atoms with Crippen LogP contribution in [0.5, 0.6) is 0 Å². The topological polar surface area (TPSA) is 98.0 Å². The first-order chi connectivity index (χ1) is 26.2. The first-order valence-corrected chi connectivity index (χ1v) is 17.9. The van der Waals surface area contributed by atoms with Gasteiger partial charge in [0.2, 0.25) is 0 Å². The van der Waals surface area contributed by atoms with Crippen LogP contribution in [0.15, 0.2) is 100 Å². The van der Waals surface area contributed by atoms with Crippen LogP contribution >= 0.6 is 0 Å². The van der Waals surface area contributed by atoms with Crippen molar-refractivity contribution in [3.63, 3.8) is 0 Å². The molecule has 0 radical (unpaired) electrons. The molecule has 0 aliphatic carbocycles. The fourth-order valence-corrected chi connectivity index (χ4v) is 7.88. The van der Waals surface area contributed by atoms with Crippen LogP contribution in [0.25, 0.3) is 88.3 Å². The quantitative estimate of drug-likeness (QED) is 0.166. The van der Waals surface area contributed by atoms with Crippen LogP contribution in [0.3, 0.4) is 0 Å². The Bertz CT molecular complexity index is 3080. The molecule has 0 atom stereocenters. The average molecular weight is 703 g/mol. The fraction of sp³-hybridized carbons (Fsp3) is 0.152. The minimum atomic E-state index is 0.314. The highest BCUT2D eigenvalue weighted by molar-refractivity contribution is 6.13. The predicted molar refractivity (Wildman–Crippen MR) is 214 cm³/mol. The van der Waals surface area contributed by atoms with E-state index in [4.69, 9.17) is 25.4 Å². The van der Waals surface area contributed by atoms with E-state index in [0.717, 1.165) is 94.3 Å². The molecule has 0 aliphatic rings. The van der Waals surface area contributed by atoms with E-state index in [1.807, 2.05) is 59.4 Å². The standard InChI is InChI=1S/C46H34N6O2/c1-24(2)29-11-13-38-36(20-29)41-44(53-38)34(15-17-49-41)35-16-18-50-42-37-21-30(12-14-39(37)54-45(35)42)40-25(3)27(5)43(28(6)26(40)4)52-23-33(22-47)51-46(52)31-9-8-10-32(19-31)48-7/h8-21,23-24H,1-6H3. The van der Waals surface area contributed by atoms with Crippen molar-refractivity contribution in [1.82, 2.24) is 19.5 Å². The third-order valence-electron chi connectivity index (χ3n) is 10.9. The molecule has 0 saturated carbocycles. The lowest BCUT2D eigenvalue weighted by molar-refractivity contribution is 0.664. The summed E-state index contributed by atoms with van der Waals surface area (Å²) in [7, 11) is 0. The van der Waals surface area contributed by atoms with Crippen LogP contribution < -0.4 is 0 Å². The van der Waals surface area contributed by atoms with Crippen molar-refractivity contribution >= 4 is 49.8 Å². The third kappa shape index (κ3) is 4.92. The van der Waals surface area contributed by atoms with Gasteiger partial charge in [-0.3, -0.25) is 14.5 Å². The van der Waals surface area contributed by atoms with E-state index in [1.54, 1.807) is 12.3 Å². The zero-order valence-electron chi connectivity index (χ0n) is 30.7. The predicted octanol–water partition coefficient (Wildman–Crippen LogP) is 12.2. The van der Waals surface area contributed by atoms with Gasteiger partial charge in [-0.25, -0.2) is 9.83 Å². The molecule has 4 aromatic carbocycles. The van der Waals surface area contributed by atoms with Gasteiger partial charge in [0.25, 0.3) is 0 Å². The number of nitriles is 1. The van der Waals surface area contributed by atoms with Crippen LogP contribution in [-0.2, 0) is 0 Å². The molecule has 5 aromatic heterocycles. The molecule has 260 valence electrons. The van der Waals surface area contributed by atoms with Crippen molar-refractivity contribution in [2.24, 2.45) is 0 Å². The minimum absolute atomic E-state index is 0.314. The highest BCUT2D eigenvalue weighted by Gasteiger charge is 2.23. The summed E-state index contributed by atoms with van der Waals surface area (Å²) in [4.78, 5) is 17.9. The summed E-state index contributed by atoms with van der Waals surface area (Å²) in [6, 6.07) is 26.2. The Morgan fingerprint density at radius 3 is 1.98 bits per heavy atom. The van der Waals surface area contributed by atoms with Gasteiger partial charge in [-0.15, -0.1) is 0 Å². The maximum Gasteiger partial charge on any atom is 0.187 e. The van der Waals surface area contributed by atoms with Crippen molar-refractivity contribution in [2.75, 3.05) is 0 Å². The third-order valence-corrected chi connectivity index (χ3v) is 10.9. The first-order valence-electron chi connectivity index (χ1n) is 17.9. The second-order valence-corrected chi connectivity index (χ2v) is 14.2. The summed E-state index contributed by atoms with van der Waals surface area (Å²) in [5.74, 6) is 1.01. The Kier molecular flexibility index (Phi) is 7.48. The van der Waals surface area contributed by atoms with E-state index < -0.39 is 0 Å². The molecule has 0 amide bonds. The molecule has 8 nitrogen and oxygen atoms in total. The highest BCUT2D eigenvalue weighted by atomic mass is 16.3. The molecule has 8 heteroatoms. The van der Waals surface area contributed by atoms with E-state index in [-0.39, 0.29) is 0 Å². The van der Waals surface area contributed by atoms with Crippen molar-refractivity contribution in [1.29, 1.82) is 5.26 Å². The maximum absolute atomic E-state index is 9.84. The number of nitrogens with zero attached hydrogens (tertiary/aromatic N) is 6. The Labute approximate surface area is 311 Å². The summed E-state index contributed by atoms with van der Waals surface area (Å²) >= 11 is 0. The zero-order valence-corrected chi connectivity index (χ0v) is 30.7. The molecule has 0 unspecified atom stereocenters. The summed E-state index contributed by atoms with van der Waals surface area (Å²) in [5, 5.41) is 11.8. The Morgan fingerprint density at radius 1 is 0.741 bits per heavy atom. The lowest BCUT2D eigenvalue weighted by Crippen LogP contribution is -2.07. The molecule has 5 heterocycles. The number of pyridine rings is 2. The lowest BCUT2D eigenvalue weighted by Gasteiger charge is -2.22. The van der Waals surface area contributed by atoms with E-state index in [0.29, 0.717) is 28.7 Å². The first kappa shape index (κ1) is 32.8. The molecular formula is C46H34N6O2. The molecule has 0 aliphatic heterocycles. The number of hydrogen-bond donors (Lipinski definition) is 0. The smallest absolute Gasteiger partial charge is 0.187 e. The number of imidazole rings is 1. The van der Waals surface area contributed by atoms with Crippen LogP contribution in [0.2, 0.25) is 0 Å². The van der Waals surface area contributed by atoms with Gasteiger partial charge in [-0.1, -0.05) is 44.2 Å². The van der Waals surface area contributed by atoms with Gasteiger partial charge in [-0.05, 0) is 115 Å². The molecule has 0 N–H and O–H groups in total. The number of hydrogen-bond acceptors (Lipinski definition) is 6. The average Bonchev–Trinajstić information content (AvgIpc) is 3.90. The van der Waals surface area contributed by atoms with E-state index in [1.165, 1.54) is 5.56 Å². The molecule has 0 fully saturated rings. The van der Waals surface area contributed by atoms with E-state index in [9.17, 15) is 5.26 Å². The molecule has 0 bridgehead atoms. The van der Waals surface area contributed by atoms with Gasteiger partial charge in [-0.2, -0.15) is 5.26 Å². The molecule has 9 rings (SSSR count). The number of aromatic nitrogens is 4. The summed E-state index contributed by atoms with van der Waals surface area (Å²) in [6.07, 6.45) is 5.45. The van der Waals surface area contributed by atoms with Crippen molar-refractivity contribution in [2.45, 2.75) is 47.5 Å². The Morgan fingerprint density at radius 2 is 1.37 bits per heavy atom. The molecule has 0 saturated heterocycles. The molecule has 54 heavy (non-hydrogen) atoms. The summed E-state index contributed by atoms with van der Waals surface area (Å²) < 4.78 is 15.0. The zero-order chi connectivity index (χ0) is 37.4. The molecule has 0 spiro atoms. The van der Waals surface area contributed by atoms with Crippen LogP contribution in [0.1, 0.15) is 53.3 Å². The summed E-state index contributed by atoms with van der Waals surface area (Å²) in [6.45, 7) is 20.4. The van der Waals surface area contributed by atoms with Crippen LogP contribution in [0, 0.1) is 45.6 Å². The number of benzene rings is 4. The lowest BCUT2D eigenvalue weighted by atomic mass is 9.87. The van der Waals surface area contributed by atoms with Crippen LogP contribution in [0.4, 0.5) is 5.69 Å². The second kappa shape index (κ2) is 12.3. The van der Waals surface area contributed by atoms with Gasteiger partial charge in [0.1, 0.15) is 34.1 Å². The van der Waals surface area contributed by atoms with Gasteiger partial charge < -0.3 is 8.83 Å². The Balaban J connectivity index is 1.19. The van der Waals surface area contributed by atoms with Gasteiger partial charge in [0.05, 0.1) is 12.3 Å². The number of rotatable bonds is 5. The van der Waals surface area contributed by atoms with Gasteiger partial charge >= 0.3 is 0 Å². The van der Waals surface area contributed by atoms with Crippen molar-refractivity contribution in [3.8, 4) is 45.4 Å². The fourth-order valence-electron chi connectivity index (χ4n) is 7.88. The van der Waals surface area contributed by atoms with Crippen molar-refractivity contribution in [3.05, 3.63) is 136 Å². The maximum atomic E-state index is 9.84. The minimum Gasteiger partial charge on any atom is -0.454 e. The van der Waals surface area contributed by atoms with Gasteiger partial charge in [0.15, 0.2) is 22.5 Å². The SMILES string of the molecule is [C-]#[N+]c1cccc(-c2nc(C#N)cn2-c2c(C)c(C)c(-c3ccc4oc5c(-c6ccnc7c6oc6ccc(C(C)C)cc67)ccnc5c4c3)c(C)c2C)c1. The number of furan rings is 2. The van der Waals surface area contributed by atoms with Crippen molar-refractivity contribution < 1.29 is 8.83 Å². The van der Waals surface area contributed by atoms with E-state index in [2.05, 4.69) is 81.7 Å². The monoisotopic (exact) mass is 702 g/mol. The highest BCUT2D eigenvalue weighted by Crippen LogP contribution is 2.43. The second-order valence-electron chi connectivity index (χ2n) is 14.2. The van der Waals surface area contributed by atoms with E-state index >= 15 is 0 Å². The van der Waals surface area contributed by atoms with Crippen LogP contribution in [-0.4, -0.2) is 19.5 Å². The molecular weight excluding hydrogens is 669 g/mol. The number of fused-ring (bicyclic) bond motifs is 6. The normalized spacial score (nSPS) is 11.6. The van der Waals surface area contributed by atoms with Gasteiger partial charge in [0, 0.05) is 46.1 Å².